The van der Waals surface area contributed by atoms with E-state index in [4.69, 9.17) is 4.74 Å². The van der Waals surface area contributed by atoms with E-state index in [-0.39, 0.29) is 17.6 Å². The maximum absolute atomic E-state index is 13.6. The molecule has 1 heterocycles. The van der Waals surface area contributed by atoms with Gasteiger partial charge in [-0.2, -0.15) is 0 Å². The van der Waals surface area contributed by atoms with Crippen LogP contribution < -0.4 is 5.32 Å². The fourth-order valence-electron chi connectivity index (χ4n) is 3.73. The number of ether oxygens (including phenoxy) is 1. The number of rotatable bonds is 3. The van der Waals surface area contributed by atoms with Gasteiger partial charge in [-0.1, -0.05) is 12.1 Å². The van der Waals surface area contributed by atoms with E-state index >= 15 is 0 Å². The number of nitrogens with one attached hydrogen (secondary N) is 2. The predicted molar refractivity (Wildman–Crippen MR) is 100 cm³/mol. The highest BCUT2D eigenvalue weighted by atomic mass is 19.1. The highest BCUT2D eigenvalue weighted by molar-refractivity contribution is 6.02. The third-order valence-corrected chi connectivity index (χ3v) is 5.11. The summed E-state index contributed by atoms with van der Waals surface area (Å²) in [4.78, 5) is 28.0. The van der Waals surface area contributed by atoms with Crippen LogP contribution in [0, 0.1) is 11.7 Å². The fraction of sp³-hybridized carbons (Fsp3) is 0.238. The third-order valence-electron chi connectivity index (χ3n) is 5.11. The van der Waals surface area contributed by atoms with Gasteiger partial charge in [0.2, 0.25) is 5.91 Å². The van der Waals surface area contributed by atoms with Crippen molar-refractivity contribution < 1.29 is 18.7 Å². The van der Waals surface area contributed by atoms with Crippen molar-refractivity contribution in [3.05, 3.63) is 65.1 Å². The van der Waals surface area contributed by atoms with Crippen molar-refractivity contribution in [3.63, 3.8) is 0 Å². The number of carbonyl (C=O) groups is 2. The van der Waals surface area contributed by atoms with Gasteiger partial charge in [0.15, 0.2) is 0 Å². The lowest BCUT2D eigenvalue weighted by molar-refractivity contribution is -0.120. The number of carbonyl (C=O) groups excluding carboxylic acids is 2. The number of para-hydroxylation sites is 1. The van der Waals surface area contributed by atoms with Gasteiger partial charge < -0.3 is 15.0 Å². The zero-order valence-electron chi connectivity index (χ0n) is 14.8. The second-order valence-electron chi connectivity index (χ2n) is 6.74. The van der Waals surface area contributed by atoms with Gasteiger partial charge in [0.25, 0.3) is 0 Å². The number of esters is 1. The molecule has 3 aromatic rings. The normalized spacial score (nSPS) is 16.0. The van der Waals surface area contributed by atoms with Gasteiger partial charge in [-0.3, -0.25) is 4.79 Å². The molecule has 5 nitrogen and oxygen atoms in total. The summed E-state index contributed by atoms with van der Waals surface area (Å²) in [6.45, 7) is 0. The molecule has 6 heteroatoms. The molecule has 0 bridgehead atoms. The summed E-state index contributed by atoms with van der Waals surface area (Å²) in [5, 5.41) is 3.68. The zero-order chi connectivity index (χ0) is 19.0. The van der Waals surface area contributed by atoms with E-state index < -0.39 is 5.97 Å². The number of aromatic amines is 1. The second kappa shape index (κ2) is 6.87. The smallest absolute Gasteiger partial charge is 0.339 e. The Morgan fingerprint density at radius 1 is 1.22 bits per heavy atom. The lowest BCUT2D eigenvalue weighted by atomic mass is 9.85. The average Bonchev–Trinajstić information content (AvgIpc) is 3.05. The summed E-state index contributed by atoms with van der Waals surface area (Å²) in [6.07, 6.45) is 1.95. The Balaban J connectivity index is 1.58. The number of H-pyrrole nitrogens is 1. The van der Waals surface area contributed by atoms with E-state index in [0.29, 0.717) is 24.1 Å². The van der Waals surface area contributed by atoms with E-state index in [2.05, 4.69) is 10.3 Å². The molecule has 0 radical (unpaired) electrons. The molecule has 1 unspecified atom stereocenters. The van der Waals surface area contributed by atoms with Crippen LogP contribution in [0.2, 0.25) is 0 Å². The molecule has 0 spiro atoms. The molecule has 0 saturated carbocycles. The van der Waals surface area contributed by atoms with Crippen molar-refractivity contribution in [1.29, 1.82) is 0 Å². The highest BCUT2D eigenvalue weighted by Gasteiger charge is 2.28. The van der Waals surface area contributed by atoms with E-state index in [1.165, 1.54) is 19.2 Å². The lowest BCUT2D eigenvalue weighted by Gasteiger charge is -2.22. The summed E-state index contributed by atoms with van der Waals surface area (Å²) >= 11 is 0. The van der Waals surface area contributed by atoms with Crippen molar-refractivity contribution in [2.24, 2.45) is 5.92 Å². The minimum absolute atomic E-state index is 0.150. The topological polar surface area (TPSA) is 71.2 Å². The van der Waals surface area contributed by atoms with Gasteiger partial charge in [-0.15, -0.1) is 0 Å². The molecule has 138 valence electrons. The molecule has 1 amide bonds. The minimum atomic E-state index is -0.496. The molecular formula is C21H19FN2O3. The maximum atomic E-state index is 13.6. The van der Waals surface area contributed by atoms with Crippen LogP contribution in [0.5, 0.6) is 0 Å². The fourth-order valence-corrected chi connectivity index (χ4v) is 3.73. The number of hydrogen-bond donors (Lipinski definition) is 2. The van der Waals surface area contributed by atoms with E-state index in [1.807, 2.05) is 0 Å². The van der Waals surface area contributed by atoms with Crippen LogP contribution in [0.1, 0.15) is 28.0 Å². The van der Waals surface area contributed by atoms with Crippen LogP contribution in [0.25, 0.3) is 10.9 Å². The number of aromatic nitrogens is 1. The molecular weight excluding hydrogens is 347 g/mol. The molecule has 0 aliphatic heterocycles. The number of aryl methyl sites for hydroxylation is 1. The van der Waals surface area contributed by atoms with Crippen LogP contribution >= 0.6 is 0 Å². The first kappa shape index (κ1) is 17.3. The summed E-state index contributed by atoms with van der Waals surface area (Å²) in [5.41, 5.74) is 3.70. The second-order valence-corrected chi connectivity index (χ2v) is 6.74. The Labute approximate surface area is 155 Å². The van der Waals surface area contributed by atoms with Crippen molar-refractivity contribution in [1.82, 2.24) is 4.98 Å². The summed E-state index contributed by atoms with van der Waals surface area (Å²) < 4.78 is 18.4. The Kier molecular flexibility index (Phi) is 4.39. The average molecular weight is 366 g/mol. The number of benzene rings is 2. The van der Waals surface area contributed by atoms with Crippen molar-refractivity contribution in [2.45, 2.75) is 19.3 Å². The molecule has 0 saturated heterocycles. The third kappa shape index (κ3) is 3.18. The molecule has 1 atom stereocenters. The van der Waals surface area contributed by atoms with Crippen molar-refractivity contribution in [3.8, 4) is 0 Å². The number of halogens is 1. The molecule has 2 N–H and O–H groups in total. The SMILES string of the molecule is COC(=O)c1ccccc1NC(=O)C1CCc2[nH]c3ccc(F)cc3c2C1. The molecule has 4 rings (SSSR count). The minimum Gasteiger partial charge on any atom is -0.465 e. The van der Waals surface area contributed by atoms with Crippen molar-refractivity contribution in [2.75, 3.05) is 12.4 Å². The van der Waals surface area contributed by atoms with Crippen LogP contribution in [0.4, 0.5) is 10.1 Å². The standard InChI is InChI=1S/C21H19FN2O3/c1-27-21(26)14-4-2-3-5-17(14)24-20(25)12-6-8-18-15(10-12)16-11-13(22)7-9-19(16)23-18/h2-5,7,9,11-12,23H,6,8,10H2,1H3,(H,24,25). The Bertz CT molecular complexity index is 1040. The van der Waals surface area contributed by atoms with Gasteiger partial charge >= 0.3 is 5.97 Å². The van der Waals surface area contributed by atoms with Gasteiger partial charge in [-0.25, -0.2) is 9.18 Å². The van der Waals surface area contributed by atoms with Gasteiger partial charge in [0, 0.05) is 22.5 Å². The van der Waals surface area contributed by atoms with Crippen LogP contribution in [-0.4, -0.2) is 24.0 Å². The van der Waals surface area contributed by atoms with Crippen LogP contribution in [0.3, 0.4) is 0 Å². The maximum Gasteiger partial charge on any atom is 0.339 e. The monoisotopic (exact) mass is 366 g/mol. The zero-order valence-corrected chi connectivity index (χ0v) is 14.8. The summed E-state index contributed by atoms with van der Waals surface area (Å²) in [7, 11) is 1.31. The van der Waals surface area contributed by atoms with E-state index in [9.17, 15) is 14.0 Å². The predicted octanol–water partition coefficient (Wildman–Crippen LogP) is 3.84. The highest BCUT2D eigenvalue weighted by Crippen LogP contribution is 2.33. The number of fused-ring (bicyclic) bond motifs is 3. The first-order chi connectivity index (χ1) is 13.1. The van der Waals surface area contributed by atoms with Gasteiger partial charge in [0.05, 0.1) is 18.4 Å². The first-order valence-corrected chi connectivity index (χ1v) is 8.84. The quantitative estimate of drug-likeness (QED) is 0.692. The van der Waals surface area contributed by atoms with Crippen LogP contribution in [-0.2, 0) is 22.4 Å². The Morgan fingerprint density at radius 3 is 2.85 bits per heavy atom. The van der Waals surface area contributed by atoms with Crippen LogP contribution in [0.15, 0.2) is 42.5 Å². The number of hydrogen-bond acceptors (Lipinski definition) is 3. The largest absolute Gasteiger partial charge is 0.465 e. The van der Waals surface area contributed by atoms with Gasteiger partial charge in [0.1, 0.15) is 5.82 Å². The number of anilines is 1. The molecule has 1 aliphatic carbocycles. The van der Waals surface area contributed by atoms with E-state index in [0.717, 1.165) is 28.6 Å². The molecule has 0 fully saturated rings. The first-order valence-electron chi connectivity index (χ1n) is 8.84. The number of amides is 1. The number of methoxy groups -OCH3 is 1. The molecule has 1 aromatic heterocycles. The summed E-state index contributed by atoms with van der Waals surface area (Å²) in [6, 6.07) is 11.4. The summed E-state index contributed by atoms with van der Waals surface area (Å²) in [5.74, 6) is -1.18. The van der Waals surface area contributed by atoms with Gasteiger partial charge in [-0.05, 0) is 55.2 Å². The lowest BCUT2D eigenvalue weighted by Crippen LogP contribution is -2.28. The molecule has 27 heavy (non-hydrogen) atoms. The van der Waals surface area contributed by atoms with E-state index in [1.54, 1.807) is 30.3 Å². The molecule has 1 aliphatic rings. The Hall–Kier alpha value is -3.15. The Morgan fingerprint density at radius 2 is 2.04 bits per heavy atom. The molecule has 2 aromatic carbocycles. The van der Waals surface area contributed by atoms with Crippen molar-refractivity contribution >= 4 is 28.5 Å².